The van der Waals surface area contributed by atoms with Crippen LogP contribution in [0.5, 0.6) is 0 Å². The van der Waals surface area contributed by atoms with Gasteiger partial charge in [0.05, 0.1) is 16.6 Å². The van der Waals surface area contributed by atoms with Gasteiger partial charge in [-0.2, -0.15) is 0 Å². The van der Waals surface area contributed by atoms with E-state index < -0.39 is 0 Å². The van der Waals surface area contributed by atoms with E-state index in [1.165, 1.54) is 21.7 Å². The van der Waals surface area contributed by atoms with Gasteiger partial charge < -0.3 is 40.2 Å². The molecule has 0 aliphatic carbocycles. The van der Waals surface area contributed by atoms with Gasteiger partial charge in [-0.1, -0.05) is 315 Å². The van der Waals surface area contributed by atoms with E-state index in [4.69, 9.17) is 26.5 Å². The summed E-state index contributed by atoms with van der Waals surface area (Å²) in [6.45, 7) is 0. The second-order valence-corrected chi connectivity index (χ2v) is 35.6. The largest absolute Gasteiger partial charge is 0.456 e. The monoisotopic (exact) mass is 1750 g/mol. The molecule has 0 N–H and O–H groups in total. The number of para-hydroxylation sites is 7. The Labute approximate surface area is 783 Å². The van der Waals surface area contributed by atoms with Crippen LogP contribution in [0.3, 0.4) is 0 Å². The van der Waals surface area contributed by atoms with Gasteiger partial charge in [-0.25, -0.2) is 0 Å². The van der Waals surface area contributed by atoms with Crippen LogP contribution in [0.15, 0.2) is 494 Å². The summed E-state index contributed by atoms with van der Waals surface area (Å²) in [5.41, 5.74) is 37.0. The summed E-state index contributed by atoms with van der Waals surface area (Å²) in [6.07, 6.45) is 0. The molecule has 0 atom stereocenters. The van der Waals surface area contributed by atoms with Crippen LogP contribution in [0.2, 0.25) is 0 Å². The Bertz CT molecular complexity index is 10100. The number of rotatable bonds is 10. The summed E-state index contributed by atoms with van der Waals surface area (Å²) in [5.74, 6) is 0. The number of fused-ring (bicyclic) bond motifs is 27. The molecule has 9 aromatic heterocycles. The highest BCUT2D eigenvalue weighted by Gasteiger charge is 2.26. The second-order valence-electron chi connectivity index (χ2n) is 35.6. The first-order valence-electron chi connectivity index (χ1n) is 46.5. The average molecular weight is 1750 g/mol. The Morgan fingerprint density at radius 2 is 0.438 bits per heavy atom. The van der Waals surface area contributed by atoms with Crippen molar-refractivity contribution >= 4 is 186 Å². The van der Waals surface area contributed by atoms with E-state index in [1.54, 1.807) is 0 Å². The summed E-state index contributed by atoms with van der Waals surface area (Å²) in [4.78, 5) is 0. The van der Waals surface area contributed by atoms with Gasteiger partial charge in [0.1, 0.15) is 66.8 Å². The Morgan fingerprint density at radius 1 is 0.139 bits per heavy atom. The van der Waals surface area contributed by atoms with Gasteiger partial charge >= 0.3 is 0 Å². The van der Waals surface area contributed by atoms with Crippen LogP contribution >= 0.6 is 0 Å². The van der Waals surface area contributed by atoms with Crippen LogP contribution < -0.4 is 0 Å². The number of aromatic nitrogens is 3. The van der Waals surface area contributed by atoms with Crippen LogP contribution in [-0.4, -0.2) is 13.7 Å². The molecule has 0 radical (unpaired) electrons. The maximum Gasteiger partial charge on any atom is 0.161 e. The molecular weight excluding hydrogens is 1680 g/mol. The van der Waals surface area contributed by atoms with E-state index >= 15 is 0 Å². The standard InChI is InChI=1S/C44H27NO2.2C42H25NO2/c1-3-11-29(12-4-1)34-17-9-18-37-41-33(16-10-20-39(41)46-43(34)37)30-23-21-28(22-24-30)31-25-26-36-40(27-31)47-44-35-15-7-8-19-38(35)45(42(36)44)32-13-5-2-6-14-32;1-2-10-30(11-3-1)43-36-15-7-6-13-33(36)42-40(43)34-23-22-29(25-38(34)45-42)26-17-19-28(20-18-26)31-14-8-16-37-39(31)35-24-21-27-9-4-5-12-32(27)41(35)44-37;1-2-10-32(11-3-1)43-37-13-7-6-12-34(37)42-41(43)35-21-19-31(25-39(35)45-42)27-16-14-26(15-17-27)30-18-20-33-36-22-28-8-4-5-9-29(28)23-40(36)44-38(33)24-30/h1-27H;2*1-25H. The van der Waals surface area contributed by atoms with Crippen LogP contribution in [0.1, 0.15) is 0 Å². The topological polar surface area (TPSA) is 93.6 Å². The Hall–Kier alpha value is -18.4. The number of hydrogen-bond donors (Lipinski definition) is 0. The van der Waals surface area contributed by atoms with Crippen molar-refractivity contribution in [3.8, 4) is 95.0 Å². The third-order valence-electron chi connectivity index (χ3n) is 27.8. The molecule has 640 valence electrons. The van der Waals surface area contributed by atoms with E-state index in [0.29, 0.717) is 0 Å². The van der Waals surface area contributed by atoms with Crippen LogP contribution in [0.25, 0.3) is 281 Å². The van der Waals surface area contributed by atoms with Gasteiger partial charge in [0.2, 0.25) is 0 Å². The van der Waals surface area contributed by atoms with Gasteiger partial charge in [-0.15, -0.1) is 0 Å². The van der Waals surface area contributed by atoms with Gasteiger partial charge in [0, 0.05) is 92.6 Å². The van der Waals surface area contributed by atoms with Gasteiger partial charge in [0.25, 0.3) is 0 Å². The molecule has 0 unspecified atom stereocenters. The minimum absolute atomic E-state index is 0.885. The lowest BCUT2D eigenvalue weighted by Crippen LogP contribution is -1.92. The highest BCUT2D eigenvalue weighted by Crippen LogP contribution is 2.49. The third kappa shape index (κ3) is 12.6. The summed E-state index contributed by atoms with van der Waals surface area (Å²) >= 11 is 0. The quantitative estimate of drug-likeness (QED) is 0.135. The van der Waals surface area contributed by atoms with Gasteiger partial charge in [0.15, 0.2) is 16.7 Å². The Kier molecular flexibility index (Phi) is 17.6. The van der Waals surface area contributed by atoms with E-state index in [-0.39, 0.29) is 0 Å². The molecule has 0 saturated carbocycles. The lowest BCUT2D eigenvalue weighted by atomic mass is 9.95. The van der Waals surface area contributed by atoms with Crippen molar-refractivity contribution in [3.63, 3.8) is 0 Å². The van der Waals surface area contributed by atoms with Crippen LogP contribution in [0, 0.1) is 0 Å². The SMILES string of the molecule is c1ccc(-c2cccc3c2oc2cccc(-c4ccc(-c5ccc6c(c5)oc5c7ccccc7n(-c7ccccc7)c65)cc4)c23)cc1.c1ccc(-n2c3ccccc3c3oc4cc(-c5ccc(-c6ccc7c(c6)oc6cc8ccccc8cc67)cc5)ccc4c32)cc1.c1ccc(-n2c3ccccc3c3oc4cc(-c5ccc(-c6cccc7oc8c9ccccc9ccc8c67)cc5)ccc4c32)cc1. The van der Waals surface area contributed by atoms with E-state index in [2.05, 4.69) is 475 Å². The smallest absolute Gasteiger partial charge is 0.161 e. The molecule has 9 heteroatoms. The minimum atomic E-state index is 0.885. The number of nitrogens with zero attached hydrogens (tertiary/aromatic N) is 3. The zero-order valence-electron chi connectivity index (χ0n) is 73.7. The average Bonchev–Trinajstić information content (AvgIpc) is 1.56. The number of benzene rings is 21. The van der Waals surface area contributed by atoms with Crippen molar-refractivity contribution in [3.05, 3.63) is 467 Å². The molecule has 0 fully saturated rings. The fourth-order valence-electron chi connectivity index (χ4n) is 21.4. The van der Waals surface area contributed by atoms with Gasteiger partial charge in [-0.3, -0.25) is 0 Å². The van der Waals surface area contributed by atoms with Crippen LogP contribution in [0.4, 0.5) is 0 Å². The highest BCUT2D eigenvalue weighted by molar-refractivity contribution is 6.23. The van der Waals surface area contributed by atoms with Crippen molar-refractivity contribution in [2.24, 2.45) is 0 Å². The summed E-state index contributed by atoms with van der Waals surface area (Å²) in [6, 6.07) is 165. The van der Waals surface area contributed by atoms with Crippen molar-refractivity contribution < 1.29 is 26.5 Å². The second kappa shape index (κ2) is 31.1. The third-order valence-corrected chi connectivity index (χ3v) is 27.8. The van der Waals surface area contributed by atoms with Crippen molar-refractivity contribution in [1.29, 1.82) is 0 Å². The number of furan rings is 6. The predicted molar refractivity (Wildman–Crippen MR) is 567 cm³/mol. The predicted octanol–water partition coefficient (Wildman–Crippen LogP) is 36.3. The molecular formula is C128H77N3O6. The molecule has 21 aromatic carbocycles. The van der Waals surface area contributed by atoms with Crippen molar-refractivity contribution in [2.75, 3.05) is 0 Å². The normalized spacial score (nSPS) is 11.9. The molecule has 9 nitrogen and oxygen atoms in total. The van der Waals surface area contributed by atoms with Crippen LogP contribution in [-0.2, 0) is 0 Å². The molecule has 30 aromatic rings. The molecule has 0 saturated heterocycles. The lowest BCUT2D eigenvalue weighted by molar-refractivity contribution is 0.669. The zero-order chi connectivity index (χ0) is 89.9. The Morgan fingerprint density at radius 3 is 0.883 bits per heavy atom. The summed E-state index contributed by atoms with van der Waals surface area (Å²) in [7, 11) is 0. The maximum atomic E-state index is 6.61. The van der Waals surface area contributed by atoms with E-state index in [9.17, 15) is 0 Å². The first-order chi connectivity index (χ1) is 67.9. The molecule has 0 aliphatic heterocycles. The first kappa shape index (κ1) is 77.3. The molecule has 9 heterocycles. The van der Waals surface area contributed by atoms with E-state index in [1.807, 2.05) is 6.07 Å². The summed E-state index contributed by atoms with van der Waals surface area (Å²) < 4.78 is 46.0. The first-order valence-corrected chi connectivity index (χ1v) is 46.5. The van der Waals surface area contributed by atoms with E-state index in [0.717, 1.165) is 260 Å². The van der Waals surface area contributed by atoms with Gasteiger partial charge in [-0.05, 0) is 240 Å². The van der Waals surface area contributed by atoms with Crippen molar-refractivity contribution in [2.45, 2.75) is 0 Å². The summed E-state index contributed by atoms with van der Waals surface area (Å²) in [5, 5.41) is 18.3. The molecule has 0 aliphatic rings. The Balaban J connectivity index is 0.000000102. The highest BCUT2D eigenvalue weighted by atomic mass is 16.4. The molecule has 30 rings (SSSR count). The molecule has 137 heavy (non-hydrogen) atoms. The molecule has 0 amide bonds. The molecule has 0 bridgehead atoms. The fraction of sp³-hybridized carbons (Fsp3) is 0. The zero-order valence-corrected chi connectivity index (χ0v) is 73.7. The fourth-order valence-corrected chi connectivity index (χ4v) is 21.4. The maximum absolute atomic E-state index is 6.61. The lowest BCUT2D eigenvalue weighted by Gasteiger charge is -2.08. The molecule has 0 spiro atoms. The number of hydrogen-bond acceptors (Lipinski definition) is 6. The van der Waals surface area contributed by atoms with Crippen molar-refractivity contribution in [1.82, 2.24) is 13.7 Å². The minimum Gasteiger partial charge on any atom is -0.456 e.